The molecule has 0 amide bonds. The van der Waals surface area contributed by atoms with Crippen LogP contribution in [0.25, 0.3) is 0 Å². The summed E-state index contributed by atoms with van der Waals surface area (Å²) in [4.78, 5) is 27.3. The van der Waals surface area contributed by atoms with Gasteiger partial charge in [0.15, 0.2) is 0 Å². The fraction of sp³-hybridized carbons (Fsp3) is 0.941. The Morgan fingerprint density at radius 1 is 0.432 bits per heavy atom. The van der Waals surface area contributed by atoms with Crippen LogP contribution < -0.4 is 0 Å². The van der Waals surface area contributed by atoms with E-state index in [9.17, 15) is 9.59 Å². The number of nitrogens with zero attached hydrogens (tertiary/aromatic N) is 1. The van der Waals surface area contributed by atoms with Crippen molar-refractivity contribution in [3.8, 4) is 0 Å². The molecule has 0 aromatic rings. The molecule has 0 rings (SSSR count). The summed E-state index contributed by atoms with van der Waals surface area (Å²) < 4.78 is 0. The second kappa shape index (κ2) is 28.3. The third kappa shape index (κ3) is 28.1. The number of carbonyl (C=O) groups excluding carboxylic acids is 2. The highest BCUT2D eigenvalue weighted by Crippen LogP contribution is 2.25. The van der Waals surface area contributed by atoms with E-state index in [1.165, 1.54) is 116 Å². The first kappa shape index (κ1) is 38.4. The van der Waals surface area contributed by atoms with E-state index >= 15 is 0 Å². The lowest BCUT2D eigenvalue weighted by Gasteiger charge is -2.21. The highest BCUT2D eigenvalue weighted by atomic mass is 16.2. The Hall–Kier alpha value is -0.700. The molecule has 0 aliphatic heterocycles. The number of carbonyl (C=O) groups is 2. The zero-order valence-corrected chi connectivity index (χ0v) is 26.7. The van der Waals surface area contributed by atoms with Crippen molar-refractivity contribution in [2.24, 2.45) is 5.41 Å². The lowest BCUT2D eigenvalue weighted by atomic mass is 9.79. The molecular weight excluding hydrogens is 454 g/mol. The maximum Gasteiger partial charge on any atom is 0.145 e. The summed E-state index contributed by atoms with van der Waals surface area (Å²) in [6, 6.07) is 0. The van der Waals surface area contributed by atoms with Crippen LogP contribution in [0.1, 0.15) is 182 Å². The first-order valence-electron chi connectivity index (χ1n) is 16.4. The van der Waals surface area contributed by atoms with Crippen LogP contribution in [-0.4, -0.2) is 37.6 Å². The zero-order chi connectivity index (χ0) is 28.2. The summed E-state index contributed by atoms with van der Waals surface area (Å²) in [7, 11) is 6.00. The molecule has 0 radical (unpaired) electrons. The highest BCUT2D eigenvalue weighted by Gasteiger charge is 2.33. The van der Waals surface area contributed by atoms with Crippen molar-refractivity contribution >= 4 is 11.6 Å². The fourth-order valence-corrected chi connectivity index (χ4v) is 4.68. The maximum atomic E-state index is 12.6. The Labute approximate surface area is 234 Å². The van der Waals surface area contributed by atoms with Crippen LogP contribution in [0.5, 0.6) is 0 Å². The number of hydrogen-bond donors (Lipinski definition) is 0. The summed E-state index contributed by atoms with van der Waals surface area (Å²) >= 11 is 0. The van der Waals surface area contributed by atoms with Gasteiger partial charge in [0.2, 0.25) is 0 Å². The summed E-state index contributed by atoms with van der Waals surface area (Å²) in [5.41, 5.74) is -0.781. The van der Waals surface area contributed by atoms with Crippen molar-refractivity contribution in [1.29, 1.82) is 0 Å². The largest absolute Gasteiger partial charge is 0.312 e. The van der Waals surface area contributed by atoms with Gasteiger partial charge in [0.05, 0.1) is 5.41 Å². The van der Waals surface area contributed by atoms with Gasteiger partial charge in [0, 0.05) is 12.8 Å². The molecule has 0 atom stereocenters. The smallest absolute Gasteiger partial charge is 0.145 e. The second-order valence-electron chi connectivity index (χ2n) is 12.4. The average Bonchev–Trinajstić information content (AvgIpc) is 2.85. The van der Waals surface area contributed by atoms with E-state index in [4.69, 9.17) is 0 Å². The molecule has 0 spiro atoms. The Kier molecular flexibility index (Phi) is 29.4. The molecule has 0 aliphatic carbocycles. The number of Topliss-reactive ketones (excluding diaryl/α,β-unsaturated/α-hetero) is 2. The molecule has 0 aromatic carbocycles. The normalized spacial score (nSPS) is 11.5. The van der Waals surface area contributed by atoms with Crippen LogP contribution in [0, 0.1) is 5.41 Å². The van der Waals surface area contributed by atoms with Gasteiger partial charge in [-0.1, -0.05) is 142 Å². The topological polar surface area (TPSA) is 37.4 Å². The minimum atomic E-state index is -0.781. The Morgan fingerprint density at radius 3 is 0.838 bits per heavy atom. The van der Waals surface area contributed by atoms with Crippen LogP contribution >= 0.6 is 0 Å². The van der Waals surface area contributed by atoms with Crippen molar-refractivity contribution in [2.45, 2.75) is 182 Å². The van der Waals surface area contributed by atoms with Crippen LogP contribution in [0.2, 0.25) is 0 Å². The Bertz CT molecular complexity index is 455. The van der Waals surface area contributed by atoms with E-state index in [2.05, 4.69) is 13.8 Å². The maximum absolute atomic E-state index is 12.6. The van der Waals surface area contributed by atoms with E-state index in [-0.39, 0.29) is 11.6 Å². The first-order valence-corrected chi connectivity index (χ1v) is 16.4. The van der Waals surface area contributed by atoms with Crippen molar-refractivity contribution in [3.05, 3.63) is 0 Å². The van der Waals surface area contributed by atoms with Crippen LogP contribution in [-0.2, 0) is 9.59 Å². The summed E-state index contributed by atoms with van der Waals surface area (Å²) in [6.45, 7) is 8.24. The second-order valence-corrected chi connectivity index (χ2v) is 12.4. The zero-order valence-electron chi connectivity index (χ0n) is 26.7. The summed E-state index contributed by atoms with van der Waals surface area (Å²) in [6.07, 6.45) is 29.5. The molecule has 222 valence electrons. The molecule has 0 bridgehead atoms. The molecule has 3 nitrogen and oxygen atoms in total. The molecule has 0 saturated heterocycles. The quantitative estimate of drug-likeness (QED) is 0.0835. The Balaban J connectivity index is 0. The molecule has 0 N–H and O–H groups in total. The molecule has 3 heteroatoms. The van der Waals surface area contributed by atoms with Gasteiger partial charge < -0.3 is 4.90 Å². The van der Waals surface area contributed by atoms with Crippen molar-refractivity contribution in [2.75, 3.05) is 21.1 Å². The van der Waals surface area contributed by atoms with Crippen LogP contribution in [0.15, 0.2) is 0 Å². The minimum absolute atomic E-state index is 0.159. The average molecular weight is 524 g/mol. The third-order valence-electron chi connectivity index (χ3n) is 7.41. The summed E-state index contributed by atoms with van der Waals surface area (Å²) in [5.74, 6) is 0.318. The SMILES string of the molecule is CCCCCCCCCCCCCC(=O)C(C)(C)C(=O)CCCCCCCCCCCCC.CN(C)C. The van der Waals surface area contributed by atoms with Crippen LogP contribution in [0.3, 0.4) is 0 Å². The number of ketones is 2. The number of rotatable bonds is 26. The van der Waals surface area contributed by atoms with Gasteiger partial charge in [0.1, 0.15) is 11.6 Å². The molecular formula is C34H69NO2. The van der Waals surface area contributed by atoms with Gasteiger partial charge in [-0.05, 0) is 47.8 Å². The van der Waals surface area contributed by atoms with Gasteiger partial charge in [-0.25, -0.2) is 0 Å². The molecule has 0 unspecified atom stereocenters. The number of unbranched alkanes of at least 4 members (excludes halogenated alkanes) is 20. The lowest BCUT2D eigenvalue weighted by molar-refractivity contribution is -0.138. The van der Waals surface area contributed by atoms with Gasteiger partial charge >= 0.3 is 0 Å². The van der Waals surface area contributed by atoms with Gasteiger partial charge in [-0.2, -0.15) is 0 Å². The standard InChI is InChI=1S/C31H60O2.C3H9N/c1-5-7-9-11-13-15-17-19-21-23-25-27-29(32)31(3,4)30(33)28-26-24-22-20-18-16-14-12-10-8-6-2;1-4(2)3/h5-28H2,1-4H3;1-3H3. The third-order valence-corrected chi connectivity index (χ3v) is 7.41. The van der Waals surface area contributed by atoms with Crippen molar-refractivity contribution in [1.82, 2.24) is 4.90 Å². The van der Waals surface area contributed by atoms with Gasteiger partial charge in [0.25, 0.3) is 0 Å². The van der Waals surface area contributed by atoms with Gasteiger partial charge in [-0.15, -0.1) is 0 Å². The molecule has 0 fully saturated rings. The fourth-order valence-electron chi connectivity index (χ4n) is 4.68. The number of hydrogen-bond acceptors (Lipinski definition) is 3. The van der Waals surface area contributed by atoms with E-state index in [1.807, 2.05) is 39.9 Å². The molecule has 0 heterocycles. The van der Waals surface area contributed by atoms with Crippen molar-refractivity contribution < 1.29 is 9.59 Å². The minimum Gasteiger partial charge on any atom is -0.312 e. The van der Waals surface area contributed by atoms with E-state index in [1.54, 1.807) is 0 Å². The summed E-state index contributed by atoms with van der Waals surface area (Å²) in [5, 5.41) is 0. The molecule has 37 heavy (non-hydrogen) atoms. The first-order chi connectivity index (χ1) is 17.7. The predicted octanol–water partition coefficient (Wildman–Crippen LogP) is 10.7. The Morgan fingerprint density at radius 2 is 0.622 bits per heavy atom. The van der Waals surface area contributed by atoms with E-state index < -0.39 is 5.41 Å². The van der Waals surface area contributed by atoms with E-state index in [0.29, 0.717) is 12.8 Å². The highest BCUT2D eigenvalue weighted by molar-refractivity contribution is 6.06. The molecule has 0 aromatic heterocycles. The predicted molar refractivity (Wildman–Crippen MR) is 166 cm³/mol. The molecule has 0 aliphatic rings. The lowest BCUT2D eigenvalue weighted by Crippen LogP contribution is -2.33. The van der Waals surface area contributed by atoms with Crippen molar-refractivity contribution in [3.63, 3.8) is 0 Å². The van der Waals surface area contributed by atoms with Crippen LogP contribution in [0.4, 0.5) is 0 Å². The molecule has 0 saturated carbocycles. The van der Waals surface area contributed by atoms with Gasteiger partial charge in [-0.3, -0.25) is 9.59 Å². The van der Waals surface area contributed by atoms with E-state index in [0.717, 1.165) is 25.7 Å². The monoisotopic (exact) mass is 524 g/mol.